The van der Waals surface area contributed by atoms with E-state index in [9.17, 15) is 4.79 Å². The van der Waals surface area contributed by atoms with Gasteiger partial charge in [-0.05, 0) is 35.1 Å². The van der Waals surface area contributed by atoms with E-state index < -0.39 is 5.97 Å². The molecule has 1 aliphatic carbocycles. The van der Waals surface area contributed by atoms with E-state index in [4.69, 9.17) is 5.11 Å². The molecule has 3 atom stereocenters. The predicted octanol–water partition coefficient (Wildman–Crippen LogP) is 2.08. The van der Waals surface area contributed by atoms with Gasteiger partial charge in [-0.2, -0.15) is 0 Å². The van der Waals surface area contributed by atoms with Crippen molar-refractivity contribution in [3.8, 4) is 0 Å². The molecule has 19 heavy (non-hydrogen) atoms. The molecule has 6 nitrogen and oxygen atoms in total. The average Bonchev–Trinajstić information content (AvgIpc) is 2.96. The van der Waals surface area contributed by atoms with Gasteiger partial charge < -0.3 is 5.11 Å². The molecule has 0 spiro atoms. The summed E-state index contributed by atoms with van der Waals surface area (Å²) in [5, 5.41) is 20.9. The quantitative estimate of drug-likeness (QED) is 0.852. The van der Waals surface area contributed by atoms with Crippen molar-refractivity contribution in [3.63, 3.8) is 0 Å². The Balaban J connectivity index is 2.08. The molecule has 1 aromatic heterocycles. The third-order valence-corrected chi connectivity index (χ3v) is 4.22. The van der Waals surface area contributed by atoms with Gasteiger partial charge in [-0.1, -0.05) is 26.7 Å². The highest BCUT2D eigenvalue weighted by molar-refractivity contribution is 5.66. The maximum Gasteiger partial charge on any atom is 0.303 e. The van der Waals surface area contributed by atoms with E-state index in [1.54, 1.807) is 0 Å². The number of aliphatic carboxylic acids is 1. The summed E-state index contributed by atoms with van der Waals surface area (Å²) >= 11 is 0. The lowest BCUT2D eigenvalue weighted by molar-refractivity contribution is -0.138. The Morgan fingerprint density at radius 1 is 1.53 bits per heavy atom. The number of aromatic nitrogens is 4. The average molecular weight is 266 g/mol. The molecule has 0 saturated heterocycles. The Labute approximate surface area is 113 Å². The minimum Gasteiger partial charge on any atom is -0.481 e. The molecule has 1 fully saturated rings. The minimum absolute atomic E-state index is 0.0939. The SMILES string of the molecule is CCC(CC(=O)O)Cn1nnnc1C1CCCC1C. The maximum absolute atomic E-state index is 10.8. The van der Waals surface area contributed by atoms with Gasteiger partial charge in [0, 0.05) is 18.9 Å². The van der Waals surface area contributed by atoms with Crippen LogP contribution in [0.2, 0.25) is 0 Å². The van der Waals surface area contributed by atoms with Crippen LogP contribution in [0.4, 0.5) is 0 Å². The van der Waals surface area contributed by atoms with E-state index in [-0.39, 0.29) is 12.3 Å². The van der Waals surface area contributed by atoms with E-state index in [1.807, 2.05) is 11.6 Å². The van der Waals surface area contributed by atoms with Gasteiger partial charge in [0.05, 0.1) is 0 Å². The van der Waals surface area contributed by atoms with Crippen LogP contribution in [0.5, 0.6) is 0 Å². The van der Waals surface area contributed by atoms with Crippen molar-refractivity contribution < 1.29 is 9.90 Å². The molecule has 1 aromatic rings. The van der Waals surface area contributed by atoms with E-state index in [1.165, 1.54) is 12.8 Å². The topological polar surface area (TPSA) is 80.9 Å². The lowest BCUT2D eigenvalue weighted by Gasteiger charge is -2.17. The Bertz CT molecular complexity index is 432. The van der Waals surface area contributed by atoms with Gasteiger partial charge in [-0.3, -0.25) is 4.79 Å². The van der Waals surface area contributed by atoms with Gasteiger partial charge in [0.15, 0.2) is 5.82 Å². The van der Waals surface area contributed by atoms with Gasteiger partial charge in [0.2, 0.25) is 0 Å². The molecule has 106 valence electrons. The zero-order chi connectivity index (χ0) is 13.8. The second-order valence-corrected chi connectivity index (χ2v) is 5.61. The fraction of sp³-hybridized carbons (Fsp3) is 0.846. The normalized spacial score (nSPS) is 24.5. The maximum atomic E-state index is 10.8. The second kappa shape index (κ2) is 6.12. The fourth-order valence-electron chi connectivity index (χ4n) is 2.97. The van der Waals surface area contributed by atoms with Crippen LogP contribution in [0.3, 0.4) is 0 Å². The first-order valence-corrected chi connectivity index (χ1v) is 7.09. The van der Waals surface area contributed by atoms with Gasteiger partial charge >= 0.3 is 5.97 Å². The summed E-state index contributed by atoms with van der Waals surface area (Å²) in [4.78, 5) is 10.8. The standard InChI is InChI=1S/C13H22N4O2/c1-3-10(7-12(18)19)8-17-13(14-15-16-17)11-6-4-5-9(11)2/h9-11H,3-8H2,1-2H3,(H,18,19). The lowest BCUT2D eigenvalue weighted by Crippen LogP contribution is -2.19. The van der Waals surface area contributed by atoms with Crippen LogP contribution >= 0.6 is 0 Å². The molecule has 2 rings (SSSR count). The highest BCUT2D eigenvalue weighted by Gasteiger charge is 2.30. The molecule has 1 N–H and O–H groups in total. The first-order valence-electron chi connectivity index (χ1n) is 7.09. The van der Waals surface area contributed by atoms with Gasteiger partial charge in [-0.15, -0.1) is 5.10 Å². The summed E-state index contributed by atoms with van der Waals surface area (Å²) in [6, 6.07) is 0. The lowest BCUT2D eigenvalue weighted by atomic mass is 9.96. The summed E-state index contributed by atoms with van der Waals surface area (Å²) in [6.45, 7) is 4.86. The third-order valence-electron chi connectivity index (χ3n) is 4.22. The number of carbonyl (C=O) groups is 1. The second-order valence-electron chi connectivity index (χ2n) is 5.61. The van der Waals surface area contributed by atoms with Gasteiger partial charge in [0.25, 0.3) is 0 Å². The molecule has 0 aliphatic heterocycles. The van der Waals surface area contributed by atoms with Gasteiger partial charge in [-0.25, -0.2) is 4.68 Å². The van der Waals surface area contributed by atoms with Crippen LogP contribution < -0.4 is 0 Å². The highest BCUT2D eigenvalue weighted by Crippen LogP contribution is 2.38. The summed E-state index contributed by atoms with van der Waals surface area (Å²) in [5.74, 6) is 1.32. The number of carboxylic acid groups (broad SMARTS) is 1. The molecule has 0 amide bonds. The summed E-state index contributed by atoms with van der Waals surface area (Å²) < 4.78 is 1.82. The van der Waals surface area contributed by atoms with Crippen molar-refractivity contribution in [2.45, 2.75) is 58.4 Å². The molecule has 1 heterocycles. The highest BCUT2D eigenvalue weighted by atomic mass is 16.4. The number of tetrazole rings is 1. The Morgan fingerprint density at radius 3 is 2.89 bits per heavy atom. The van der Waals surface area contributed by atoms with Gasteiger partial charge in [0.1, 0.15) is 0 Å². The van der Waals surface area contributed by atoms with E-state index in [2.05, 4.69) is 22.4 Å². The Morgan fingerprint density at radius 2 is 2.32 bits per heavy atom. The number of rotatable bonds is 6. The van der Waals surface area contributed by atoms with Crippen molar-refractivity contribution in [2.75, 3.05) is 0 Å². The van der Waals surface area contributed by atoms with Crippen LogP contribution in [0.25, 0.3) is 0 Å². The molecule has 6 heteroatoms. The van der Waals surface area contributed by atoms with E-state index in [0.717, 1.165) is 18.7 Å². The summed E-state index contributed by atoms with van der Waals surface area (Å²) in [7, 11) is 0. The third kappa shape index (κ3) is 3.30. The molecule has 0 aromatic carbocycles. The molecular formula is C13H22N4O2. The first kappa shape index (κ1) is 14.0. The van der Waals surface area contributed by atoms with E-state index >= 15 is 0 Å². The molecular weight excluding hydrogens is 244 g/mol. The number of hydrogen-bond acceptors (Lipinski definition) is 4. The molecule has 0 bridgehead atoms. The Hall–Kier alpha value is -1.46. The molecule has 0 radical (unpaired) electrons. The minimum atomic E-state index is -0.754. The fourth-order valence-corrected chi connectivity index (χ4v) is 2.97. The van der Waals surface area contributed by atoms with Crippen LogP contribution in [0, 0.1) is 11.8 Å². The zero-order valence-electron chi connectivity index (χ0n) is 11.6. The van der Waals surface area contributed by atoms with Crippen molar-refractivity contribution >= 4 is 5.97 Å². The van der Waals surface area contributed by atoms with Crippen LogP contribution in [0.1, 0.15) is 57.7 Å². The smallest absolute Gasteiger partial charge is 0.303 e. The van der Waals surface area contributed by atoms with Crippen LogP contribution in [-0.2, 0) is 11.3 Å². The predicted molar refractivity (Wildman–Crippen MR) is 69.6 cm³/mol. The van der Waals surface area contributed by atoms with E-state index in [0.29, 0.717) is 18.4 Å². The zero-order valence-corrected chi connectivity index (χ0v) is 11.6. The Kier molecular flexibility index (Phi) is 4.50. The molecule has 1 aliphatic rings. The number of nitrogens with zero attached hydrogens (tertiary/aromatic N) is 4. The number of carboxylic acids is 1. The largest absolute Gasteiger partial charge is 0.481 e. The summed E-state index contributed by atoms with van der Waals surface area (Å²) in [5.41, 5.74) is 0. The van der Waals surface area contributed by atoms with Crippen molar-refractivity contribution in [3.05, 3.63) is 5.82 Å². The molecule has 1 saturated carbocycles. The summed E-state index contributed by atoms with van der Waals surface area (Å²) in [6.07, 6.45) is 4.59. The number of hydrogen-bond donors (Lipinski definition) is 1. The van der Waals surface area contributed by atoms with Crippen molar-refractivity contribution in [1.29, 1.82) is 0 Å². The first-order chi connectivity index (χ1) is 9.11. The van der Waals surface area contributed by atoms with Crippen molar-refractivity contribution in [1.82, 2.24) is 20.2 Å². The van der Waals surface area contributed by atoms with Crippen molar-refractivity contribution in [2.24, 2.45) is 11.8 Å². The van der Waals surface area contributed by atoms with Crippen LogP contribution in [0.15, 0.2) is 0 Å². The molecule has 3 unspecified atom stereocenters. The monoisotopic (exact) mass is 266 g/mol. The van der Waals surface area contributed by atoms with Crippen LogP contribution in [-0.4, -0.2) is 31.3 Å².